The average Bonchev–Trinajstić information content (AvgIpc) is 2.37. The Balaban J connectivity index is 1.82. The SMILES string of the molecule is CC1(C)C(O)CC1NC(=O)CCc1ccccc1O. The molecule has 19 heavy (non-hydrogen) atoms. The van der Waals surface area contributed by atoms with Gasteiger partial charge in [-0.1, -0.05) is 32.0 Å². The van der Waals surface area contributed by atoms with Crippen LogP contribution in [0.15, 0.2) is 24.3 Å². The minimum atomic E-state index is -0.337. The van der Waals surface area contributed by atoms with Gasteiger partial charge in [0.2, 0.25) is 5.91 Å². The number of hydrogen-bond donors (Lipinski definition) is 3. The molecule has 1 amide bonds. The molecular weight excluding hydrogens is 242 g/mol. The van der Waals surface area contributed by atoms with E-state index in [0.29, 0.717) is 19.3 Å². The number of rotatable bonds is 4. The lowest BCUT2D eigenvalue weighted by molar-refractivity contribution is -0.129. The van der Waals surface area contributed by atoms with Crippen LogP contribution in [-0.4, -0.2) is 28.3 Å². The maximum Gasteiger partial charge on any atom is 0.220 e. The molecule has 2 unspecified atom stereocenters. The third-order valence-corrected chi connectivity index (χ3v) is 4.16. The minimum absolute atomic E-state index is 0.0340. The van der Waals surface area contributed by atoms with Crippen molar-refractivity contribution < 1.29 is 15.0 Å². The van der Waals surface area contributed by atoms with E-state index in [1.807, 2.05) is 26.0 Å². The molecule has 0 heterocycles. The van der Waals surface area contributed by atoms with Gasteiger partial charge in [0.25, 0.3) is 0 Å². The van der Waals surface area contributed by atoms with Gasteiger partial charge < -0.3 is 15.5 Å². The average molecular weight is 263 g/mol. The molecule has 4 heteroatoms. The number of carbonyl (C=O) groups is 1. The molecule has 0 radical (unpaired) electrons. The number of aliphatic hydroxyl groups excluding tert-OH is 1. The number of benzene rings is 1. The third-order valence-electron chi connectivity index (χ3n) is 4.16. The van der Waals surface area contributed by atoms with Gasteiger partial charge >= 0.3 is 0 Å². The van der Waals surface area contributed by atoms with Gasteiger partial charge in [0.15, 0.2) is 0 Å². The first-order valence-corrected chi connectivity index (χ1v) is 6.65. The highest BCUT2D eigenvalue weighted by Gasteiger charge is 2.47. The normalized spacial score (nSPS) is 24.6. The van der Waals surface area contributed by atoms with Crippen LogP contribution in [0.3, 0.4) is 0 Å². The minimum Gasteiger partial charge on any atom is -0.508 e. The Hall–Kier alpha value is -1.55. The van der Waals surface area contributed by atoms with Crippen molar-refractivity contribution in [2.24, 2.45) is 5.41 Å². The smallest absolute Gasteiger partial charge is 0.220 e. The first kappa shape index (κ1) is 13.9. The Labute approximate surface area is 113 Å². The summed E-state index contributed by atoms with van der Waals surface area (Å²) < 4.78 is 0. The summed E-state index contributed by atoms with van der Waals surface area (Å²) in [4.78, 5) is 11.9. The van der Waals surface area contributed by atoms with Crippen molar-refractivity contribution in [2.75, 3.05) is 0 Å². The molecule has 0 saturated heterocycles. The number of amides is 1. The summed E-state index contributed by atoms with van der Waals surface area (Å²) >= 11 is 0. The van der Waals surface area contributed by atoms with E-state index in [0.717, 1.165) is 5.56 Å². The fraction of sp³-hybridized carbons (Fsp3) is 0.533. The maximum atomic E-state index is 11.9. The molecular formula is C15H21NO3. The highest BCUT2D eigenvalue weighted by molar-refractivity contribution is 5.76. The van der Waals surface area contributed by atoms with E-state index < -0.39 is 0 Å². The van der Waals surface area contributed by atoms with Crippen LogP contribution >= 0.6 is 0 Å². The second-order valence-electron chi connectivity index (χ2n) is 5.82. The molecule has 4 nitrogen and oxygen atoms in total. The molecule has 3 N–H and O–H groups in total. The molecule has 0 aliphatic heterocycles. The molecule has 2 atom stereocenters. The van der Waals surface area contributed by atoms with Gasteiger partial charge in [-0.3, -0.25) is 4.79 Å². The number of phenols is 1. The molecule has 104 valence electrons. The second-order valence-corrected chi connectivity index (χ2v) is 5.82. The van der Waals surface area contributed by atoms with E-state index in [2.05, 4.69) is 5.32 Å². The summed E-state index contributed by atoms with van der Waals surface area (Å²) in [6, 6.07) is 7.09. The molecule has 1 fully saturated rings. The van der Waals surface area contributed by atoms with Crippen LogP contribution in [0, 0.1) is 5.41 Å². The van der Waals surface area contributed by atoms with Crippen molar-refractivity contribution in [2.45, 2.75) is 45.3 Å². The highest BCUT2D eigenvalue weighted by atomic mass is 16.3. The number of carbonyl (C=O) groups excluding carboxylic acids is 1. The quantitative estimate of drug-likeness (QED) is 0.773. The van der Waals surface area contributed by atoms with E-state index in [4.69, 9.17) is 0 Å². The molecule has 1 aromatic rings. The Morgan fingerprint density at radius 1 is 1.42 bits per heavy atom. The van der Waals surface area contributed by atoms with Gasteiger partial charge in [0.05, 0.1) is 6.10 Å². The highest BCUT2D eigenvalue weighted by Crippen LogP contribution is 2.40. The molecule has 1 saturated carbocycles. The number of phenolic OH excluding ortho intramolecular Hbond substituents is 1. The third kappa shape index (κ3) is 2.89. The monoisotopic (exact) mass is 263 g/mol. The number of aromatic hydroxyl groups is 1. The number of nitrogens with one attached hydrogen (secondary N) is 1. The van der Waals surface area contributed by atoms with Crippen molar-refractivity contribution in [3.8, 4) is 5.75 Å². The zero-order chi connectivity index (χ0) is 14.0. The molecule has 0 bridgehead atoms. The first-order chi connectivity index (χ1) is 8.91. The van der Waals surface area contributed by atoms with Crippen molar-refractivity contribution in [3.63, 3.8) is 0 Å². The topological polar surface area (TPSA) is 69.6 Å². The summed E-state index contributed by atoms with van der Waals surface area (Å²) in [6.45, 7) is 3.91. The van der Waals surface area contributed by atoms with Gasteiger partial charge in [-0.25, -0.2) is 0 Å². The Morgan fingerprint density at radius 2 is 2.11 bits per heavy atom. The van der Waals surface area contributed by atoms with Crippen molar-refractivity contribution in [3.05, 3.63) is 29.8 Å². The molecule has 0 spiro atoms. The lowest BCUT2D eigenvalue weighted by Crippen LogP contribution is -2.61. The zero-order valence-corrected chi connectivity index (χ0v) is 11.4. The van der Waals surface area contributed by atoms with Crippen LogP contribution in [0.1, 0.15) is 32.3 Å². The van der Waals surface area contributed by atoms with Crippen LogP contribution in [0.5, 0.6) is 5.75 Å². The van der Waals surface area contributed by atoms with Gasteiger partial charge in [-0.15, -0.1) is 0 Å². The van der Waals surface area contributed by atoms with Crippen molar-refractivity contribution in [1.29, 1.82) is 0 Å². The largest absolute Gasteiger partial charge is 0.508 e. The van der Waals surface area contributed by atoms with Crippen LogP contribution in [0.25, 0.3) is 0 Å². The predicted molar refractivity (Wildman–Crippen MR) is 72.8 cm³/mol. The predicted octanol–water partition coefficient (Wildman–Crippen LogP) is 1.60. The second kappa shape index (κ2) is 5.21. The van der Waals surface area contributed by atoms with Crippen LogP contribution in [0.2, 0.25) is 0 Å². The number of hydrogen-bond acceptors (Lipinski definition) is 3. The summed E-state index contributed by atoms with van der Waals surface area (Å²) in [7, 11) is 0. The lowest BCUT2D eigenvalue weighted by Gasteiger charge is -2.49. The van der Waals surface area contributed by atoms with Crippen molar-refractivity contribution in [1.82, 2.24) is 5.32 Å². The molecule has 1 aliphatic rings. The Kier molecular flexibility index (Phi) is 3.80. The standard InChI is InChI=1S/C15H21NO3/c1-15(2)12(9-13(15)18)16-14(19)8-7-10-5-3-4-6-11(10)17/h3-6,12-13,17-18H,7-9H2,1-2H3,(H,16,19). The van der Waals surface area contributed by atoms with Gasteiger partial charge in [-0.05, 0) is 24.5 Å². The number of para-hydroxylation sites is 1. The Morgan fingerprint density at radius 3 is 2.68 bits per heavy atom. The molecule has 2 rings (SSSR count). The van der Waals surface area contributed by atoms with E-state index in [1.54, 1.807) is 12.1 Å². The zero-order valence-electron chi connectivity index (χ0n) is 11.4. The van der Waals surface area contributed by atoms with Gasteiger partial charge in [0, 0.05) is 17.9 Å². The summed E-state index contributed by atoms with van der Waals surface area (Å²) in [6.07, 6.45) is 1.15. The Bertz CT molecular complexity index is 470. The molecule has 1 aromatic carbocycles. The first-order valence-electron chi connectivity index (χ1n) is 6.65. The molecule has 0 aromatic heterocycles. The van der Waals surface area contributed by atoms with E-state index >= 15 is 0 Å². The van der Waals surface area contributed by atoms with E-state index in [9.17, 15) is 15.0 Å². The fourth-order valence-corrected chi connectivity index (χ4v) is 2.38. The van der Waals surface area contributed by atoms with Crippen molar-refractivity contribution >= 4 is 5.91 Å². The lowest BCUT2D eigenvalue weighted by atomic mass is 9.64. The van der Waals surface area contributed by atoms with E-state index in [-0.39, 0.29) is 29.2 Å². The number of aryl methyl sites for hydroxylation is 1. The van der Waals surface area contributed by atoms with E-state index in [1.165, 1.54) is 0 Å². The number of aliphatic hydroxyl groups is 1. The summed E-state index contributed by atoms with van der Waals surface area (Å²) in [5.41, 5.74) is 0.537. The maximum absolute atomic E-state index is 11.9. The summed E-state index contributed by atoms with van der Waals surface area (Å²) in [5, 5.41) is 22.2. The fourth-order valence-electron chi connectivity index (χ4n) is 2.38. The van der Waals surface area contributed by atoms with Gasteiger partial charge in [0.1, 0.15) is 5.75 Å². The van der Waals surface area contributed by atoms with Gasteiger partial charge in [-0.2, -0.15) is 0 Å². The summed E-state index contributed by atoms with van der Waals surface area (Å²) in [5.74, 6) is 0.197. The van der Waals surface area contributed by atoms with Crippen LogP contribution in [0.4, 0.5) is 0 Å². The molecule has 1 aliphatic carbocycles. The van der Waals surface area contributed by atoms with Crippen LogP contribution in [-0.2, 0) is 11.2 Å². The van der Waals surface area contributed by atoms with Crippen LogP contribution < -0.4 is 5.32 Å².